The van der Waals surface area contributed by atoms with Gasteiger partial charge in [0.25, 0.3) is 0 Å². The van der Waals surface area contributed by atoms with Gasteiger partial charge in [-0.15, -0.1) is 0 Å². The van der Waals surface area contributed by atoms with E-state index in [0.29, 0.717) is 22.4 Å². The molecule has 22 heavy (non-hydrogen) atoms. The fourth-order valence-electron chi connectivity index (χ4n) is 3.10. The third-order valence-corrected chi connectivity index (χ3v) is 4.07. The molecule has 0 amide bonds. The number of ether oxygens (including phenoxy) is 1. The first kappa shape index (κ1) is 13.0. The van der Waals surface area contributed by atoms with Crippen LogP contribution < -0.4 is 0 Å². The Bertz CT molecular complexity index is 767. The number of aliphatic carboxylic acids is 1. The maximum atomic E-state index is 10.7. The molecule has 2 bridgehead atoms. The minimum absolute atomic E-state index is 0.0460. The van der Waals surface area contributed by atoms with Gasteiger partial charge in [0.15, 0.2) is 0 Å². The summed E-state index contributed by atoms with van der Waals surface area (Å²) in [4.78, 5) is 10.7. The first-order chi connectivity index (χ1) is 10.6. The highest BCUT2D eigenvalue weighted by molar-refractivity contribution is 5.70. The van der Waals surface area contributed by atoms with Crippen LogP contribution >= 0.6 is 0 Å². The second-order valence-corrected chi connectivity index (χ2v) is 5.41. The predicted molar refractivity (Wildman–Crippen MR) is 76.1 cm³/mol. The summed E-state index contributed by atoms with van der Waals surface area (Å²) in [5.74, 6) is -0.996. The van der Waals surface area contributed by atoms with Crippen molar-refractivity contribution in [3.63, 3.8) is 0 Å². The van der Waals surface area contributed by atoms with Crippen LogP contribution in [0.15, 0.2) is 36.4 Å². The number of fused-ring (bicyclic) bond motifs is 5. The molecule has 2 unspecified atom stereocenters. The van der Waals surface area contributed by atoms with E-state index < -0.39 is 5.97 Å². The van der Waals surface area contributed by atoms with E-state index in [1.807, 2.05) is 12.2 Å². The maximum absolute atomic E-state index is 10.7. The summed E-state index contributed by atoms with van der Waals surface area (Å²) in [5, 5.41) is 29.6. The summed E-state index contributed by atoms with van der Waals surface area (Å²) >= 11 is 0. The number of nitrogens with zero attached hydrogens (tertiary/aromatic N) is 1. The van der Waals surface area contributed by atoms with Gasteiger partial charge >= 0.3 is 5.97 Å². The number of aromatic hydroxyl groups is 2. The van der Waals surface area contributed by atoms with E-state index in [0.717, 1.165) is 0 Å². The largest absolute Gasteiger partial charge is 0.494 e. The van der Waals surface area contributed by atoms with Crippen LogP contribution in [0.25, 0.3) is 5.69 Å². The summed E-state index contributed by atoms with van der Waals surface area (Å²) in [5.41, 5.74) is 2.41. The van der Waals surface area contributed by atoms with E-state index in [4.69, 9.17) is 9.84 Å². The van der Waals surface area contributed by atoms with Gasteiger partial charge in [-0.25, -0.2) is 0 Å². The van der Waals surface area contributed by atoms with Crippen molar-refractivity contribution < 1.29 is 24.9 Å². The molecule has 3 N–H and O–H groups in total. The molecule has 6 nitrogen and oxygen atoms in total. The molecular weight excluding hydrogens is 286 g/mol. The van der Waals surface area contributed by atoms with Gasteiger partial charge < -0.3 is 20.1 Å². The Morgan fingerprint density at radius 3 is 2.09 bits per heavy atom. The van der Waals surface area contributed by atoms with Crippen LogP contribution in [0.4, 0.5) is 0 Å². The lowest BCUT2D eigenvalue weighted by molar-refractivity contribution is -0.136. The molecule has 0 fully saturated rings. The highest BCUT2D eigenvalue weighted by Gasteiger charge is 2.42. The predicted octanol–water partition coefficient (Wildman–Crippen LogP) is 2.20. The molecular formula is C16H13NO5. The van der Waals surface area contributed by atoms with Crippen molar-refractivity contribution in [3.05, 3.63) is 53.1 Å². The van der Waals surface area contributed by atoms with Gasteiger partial charge in [0, 0.05) is 0 Å². The van der Waals surface area contributed by atoms with Crippen LogP contribution in [0.5, 0.6) is 11.8 Å². The Morgan fingerprint density at radius 1 is 1.05 bits per heavy atom. The number of benzene rings is 1. The third kappa shape index (κ3) is 1.67. The molecule has 0 spiro atoms. The van der Waals surface area contributed by atoms with E-state index in [1.54, 1.807) is 24.3 Å². The summed E-state index contributed by atoms with van der Waals surface area (Å²) < 4.78 is 6.94. The van der Waals surface area contributed by atoms with Gasteiger partial charge in [-0.1, -0.05) is 24.3 Å². The summed E-state index contributed by atoms with van der Waals surface area (Å²) in [6, 6.07) is 6.67. The van der Waals surface area contributed by atoms with Gasteiger partial charge in [-0.05, 0) is 17.7 Å². The molecule has 2 atom stereocenters. The van der Waals surface area contributed by atoms with Crippen LogP contribution in [0.2, 0.25) is 0 Å². The van der Waals surface area contributed by atoms with Gasteiger partial charge in [0.1, 0.15) is 12.2 Å². The number of hydrogen-bond donors (Lipinski definition) is 3. The maximum Gasteiger partial charge on any atom is 0.307 e. The van der Waals surface area contributed by atoms with Crippen molar-refractivity contribution in [2.45, 2.75) is 18.6 Å². The van der Waals surface area contributed by atoms with E-state index in [1.165, 1.54) is 4.57 Å². The minimum atomic E-state index is -0.904. The zero-order chi connectivity index (χ0) is 15.4. The molecule has 1 aromatic heterocycles. The molecule has 6 heteroatoms. The Balaban J connectivity index is 1.77. The Kier molecular flexibility index (Phi) is 2.58. The molecule has 0 saturated heterocycles. The first-order valence-electron chi connectivity index (χ1n) is 6.87. The third-order valence-electron chi connectivity index (χ3n) is 4.07. The van der Waals surface area contributed by atoms with Crippen molar-refractivity contribution in [2.24, 2.45) is 0 Å². The van der Waals surface area contributed by atoms with Gasteiger partial charge in [0.2, 0.25) is 11.8 Å². The molecule has 0 radical (unpaired) electrons. The minimum Gasteiger partial charge on any atom is -0.494 e. The van der Waals surface area contributed by atoms with Crippen LogP contribution in [-0.2, 0) is 16.0 Å². The van der Waals surface area contributed by atoms with Crippen LogP contribution in [-0.4, -0.2) is 25.9 Å². The Hall–Kier alpha value is -2.73. The van der Waals surface area contributed by atoms with E-state index >= 15 is 0 Å². The zero-order valence-electron chi connectivity index (χ0n) is 11.4. The lowest BCUT2D eigenvalue weighted by Crippen LogP contribution is -2.01. The number of carbonyl (C=O) groups is 1. The quantitative estimate of drug-likeness (QED) is 0.756. The average molecular weight is 299 g/mol. The average Bonchev–Trinajstić information content (AvgIpc) is 3.14. The second kappa shape index (κ2) is 4.38. The van der Waals surface area contributed by atoms with Crippen LogP contribution in [0.3, 0.4) is 0 Å². The molecule has 112 valence electrons. The smallest absolute Gasteiger partial charge is 0.307 e. The number of aromatic nitrogens is 1. The highest BCUT2D eigenvalue weighted by Crippen LogP contribution is 2.55. The van der Waals surface area contributed by atoms with Crippen molar-refractivity contribution in [1.29, 1.82) is 0 Å². The number of hydrogen-bond acceptors (Lipinski definition) is 4. The number of carboxylic acid groups (broad SMARTS) is 1. The van der Waals surface area contributed by atoms with E-state index in [9.17, 15) is 15.0 Å². The fourth-order valence-corrected chi connectivity index (χ4v) is 3.10. The SMILES string of the molecule is O=C(O)Cc1ccc(-n2c(O)c3c(c2O)C2C=CC3O2)cc1. The summed E-state index contributed by atoms with van der Waals surface area (Å²) in [6.45, 7) is 0. The molecule has 2 aliphatic rings. The summed E-state index contributed by atoms with van der Waals surface area (Å²) in [6.07, 6.45) is 3.00. The van der Waals surface area contributed by atoms with Gasteiger partial charge in [0.05, 0.1) is 23.2 Å². The molecule has 2 aromatic rings. The number of carboxylic acids is 1. The van der Waals surface area contributed by atoms with Crippen molar-refractivity contribution in [1.82, 2.24) is 4.57 Å². The monoisotopic (exact) mass is 299 g/mol. The zero-order valence-corrected chi connectivity index (χ0v) is 11.4. The Labute approximate surface area is 125 Å². The van der Waals surface area contributed by atoms with E-state index in [-0.39, 0.29) is 30.4 Å². The topological polar surface area (TPSA) is 91.9 Å². The lowest BCUT2D eigenvalue weighted by atomic mass is 10.0. The van der Waals surface area contributed by atoms with Crippen molar-refractivity contribution in [2.75, 3.05) is 0 Å². The van der Waals surface area contributed by atoms with E-state index in [2.05, 4.69) is 0 Å². The molecule has 3 heterocycles. The van der Waals surface area contributed by atoms with Crippen LogP contribution in [0, 0.1) is 0 Å². The number of rotatable bonds is 3. The molecule has 0 saturated carbocycles. The normalized spacial score (nSPS) is 21.3. The summed E-state index contributed by atoms with van der Waals surface area (Å²) in [7, 11) is 0. The van der Waals surface area contributed by atoms with Crippen molar-refractivity contribution in [3.8, 4) is 17.4 Å². The Morgan fingerprint density at radius 2 is 1.59 bits per heavy atom. The standard InChI is InChI=1S/C16H13NO5/c18-12(19)7-8-1-3-9(4-2-8)17-15(20)13-10-5-6-11(22-10)14(13)16(17)21/h1-6,10-11,20-21H,7H2,(H,18,19). The van der Waals surface area contributed by atoms with Crippen LogP contribution in [0.1, 0.15) is 28.9 Å². The molecule has 0 aliphatic carbocycles. The highest BCUT2D eigenvalue weighted by atomic mass is 16.5. The van der Waals surface area contributed by atoms with Crippen molar-refractivity contribution >= 4 is 5.97 Å². The second-order valence-electron chi connectivity index (χ2n) is 5.41. The lowest BCUT2D eigenvalue weighted by Gasteiger charge is -2.10. The molecule has 1 aromatic carbocycles. The van der Waals surface area contributed by atoms with Gasteiger partial charge in [-0.3, -0.25) is 9.36 Å². The van der Waals surface area contributed by atoms with Gasteiger partial charge in [-0.2, -0.15) is 0 Å². The molecule has 4 rings (SSSR count). The first-order valence-corrected chi connectivity index (χ1v) is 6.87. The molecule has 2 aliphatic heterocycles. The fraction of sp³-hybridized carbons (Fsp3) is 0.188.